The first-order valence-electron chi connectivity index (χ1n) is 10.1. The molecule has 20 heteroatoms. The normalized spacial score (nSPS) is 16.5. The Morgan fingerprint density at radius 1 is 0.811 bits per heavy atom. The minimum atomic E-state index is -4.32. The molecule has 0 radical (unpaired) electrons. The van der Waals surface area contributed by atoms with Gasteiger partial charge in [0.2, 0.25) is 16.2 Å². The number of hydrogen-bond acceptors (Lipinski definition) is 13. The number of esters is 3. The third-order valence-electron chi connectivity index (χ3n) is 4.55. The molecule has 0 aliphatic carbocycles. The van der Waals surface area contributed by atoms with Gasteiger partial charge in [-0.2, -0.15) is 0 Å². The van der Waals surface area contributed by atoms with Gasteiger partial charge in [-0.25, -0.2) is 21.0 Å². The van der Waals surface area contributed by atoms with Crippen molar-refractivity contribution in [3.8, 4) is 0 Å². The molecule has 0 aliphatic heterocycles. The molecular weight excluding hydrogens is 588 g/mol. The van der Waals surface area contributed by atoms with Crippen LogP contribution in [0.1, 0.15) is 26.2 Å². The number of rotatable bonds is 18. The predicted octanol–water partition coefficient (Wildman–Crippen LogP) is -2.24. The average Bonchev–Trinajstić information content (AvgIpc) is 2.83. The van der Waals surface area contributed by atoms with Gasteiger partial charge in [0.05, 0.1) is 42.1 Å². The van der Waals surface area contributed by atoms with E-state index >= 15 is 0 Å². The average molecular weight is 617 g/mol. The zero-order chi connectivity index (χ0) is 28.8. The topological polar surface area (TPSA) is 262 Å². The fraction of sp³-hybridized carbons (Fsp3) is 0.765. The summed E-state index contributed by atoms with van der Waals surface area (Å²) in [6.45, 7) is -2.35. The lowest BCUT2D eigenvalue weighted by molar-refractivity contribution is -0.164. The smallest absolute Gasteiger partial charge is 0.324 e. The van der Waals surface area contributed by atoms with E-state index < -0.39 is 140 Å². The molecule has 16 nitrogen and oxygen atoms in total. The van der Waals surface area contributed by atoms with Crippen LogP contribution in [0.5, 0.6) is 0 Å². The summed E-state index contributed by atoms with van der Waals surface area (Å²) in [7, 11) is -4.32. The molecule has 0 bridgehead atoms. The van der Waals surface area contributed by atoms with Crippen LogP contribution in [-0.4, -0.2) is 112 Å². The van der Waals surface area contributed by atoms with Gasteiger partial charge < -0.3 is 33.0 Å². The SMILES string of the molecule is CC(C(=O)OCC(CO)(COC(=O)CCS(=O)O)COC(=O)CCS(=O)O)S(=O)(=O)CCC(=O)S(=O)O. The Balaban J connectivity index is 5.41. The zero-order valence-electron chi connectivity index (χ0n) is 19.5. The highest BCUT2D eigenvalue weighted by Crippen LogP contribution is 2.21. The van der Waals surface area contributed by atoms with Crippen molar-refractivity contribution in [1.29, 1.82) is 0 Å². The van der Waals surface area contributed by atoms with E-state index in [9.17, 15) is 45.3 Å². The number of aliphatic hydroxyl groups excluding tert-OH is 1. The monoisotopic (exact) mass is 616 g/mol. The van der Waals surface area contributed by atoms with Crippen LogP contribution in [0.3, 0.4) is 0 Å². The maximum atomic E-state index is 12.3. The van der Waals surface area contributed by atoms with Crippen LogP contribution in [0.2, 0.25) is 0 Å². The van der Waals surface area contributed by atoms with Crippen LogP contribution in [0.4, 0.5) is 0 Å². The van der Waals surface area contributed by atoms with Gasteiger partial charge in [-0.15, -0.1) is 0 Å². The number of carbonyl (C=O) groups excluding carboxylic acids is 4. The number of aliphatic hydroxyl groups is 1. The van der Waals surface area contributed by atoms with Crippen LogP contribution in [0, 0.1) is 5.41 Å². The van der Waals surface area contributed by atoms with Crippen LogP contribution >= 0.6 is 0 Å². The Bertz CT molecular complexity index is 957. The van der Waals surface area contributed by atoms with E-state index in [0.717, 1.165) is 6.92 Å². The van der Waals surface area contributed by atoms with Gasteiger partial charge in [-0.3, -0.25) is 19.2 Å². The van der Waals surface area contributed by atoms with Gasteiger partial charge >= 0.3 is 17.9 Å². The minimum Gasteiger partial charge on any atom is -0.465 e. The lowest BCUT2D eigenvalue weighted by Crippen LogP contribution is -2.44. The number of sulfone groups is 1. The molecule has 0 fully saturated rings. The largest absolute Gasteiger partial charge is 0.465 e. The maximum absolute atomic E-state index is 12.3. The van der Waals surface area contributed by atoms with Crippen molar-refractivity contribution >= 4 is 66.1 Å². The summed E-state index contributed by atoms with van der Waals surface area (Å²) in [5, 5.41) is 6.76. The summed E-state index contributed by atoms with van der Waals surface area (Å²) in [4.78, 5) is 47.2. The standard InChI is InChI=1S/C17H28O16S4/c1-12(37(29,30)7-4-15(21)36(27)28)16(22)33-11-17(8-18,9-31-13(19)2-5-34(23)24)10-32-14(20)3-6-35(25)26/h12,18H,2-11H2,1H3,(H,23,24)(H,25,26)(H,27,28). The Morgan fingerprint density at radius 2 is 1.24 bits per heavy atom. The molecule has 0 spiro atoms. The first-order chi connectivity index (χ1) is 17.0. The molecular formula is C17H28O16S4. The molecule has 0 rings (SSSR count). The Labute approximate surface area is 219 Å². The molecule has 4 atom stereocenters. The summed E-state index contributed by atoms with van der Waals surface area (Å²) in [5.74, 6) is -5.21. The number of hydrogen-bond donors (Lipinski definition) is 4. The third-order valence-corrected chi connectivity index (χ3v) is 8.30. The molecule has 216 valence electrons. The van der Waals surface area contributed by atoms with Gasteiger partial charge in [-0.05, 0) is 6.92 Å². The Kier molecular flexibility index (Phi) is 16.2. The second-order valence-corrected chi connectivity index (χ2v) is 13.0. The molecule has 0 saturated carbocycles. The molecule has 0 saturated heterocycles. The van der Waals surface area contributed by atoms with E-state index in [0.29, 0.717) is 0 Å². The highest BCUT2D eigenvalue weighted by molar-refractivity contribution is 7.95. The molecule has 0 heterocycles. The lowest BCUT2D eigenvalue weighted by atomic mass is 9.92. The molecule has 4 unspecified atom stereocenters. The van der Waals surface area contributed by atoms with Crippen molar-refractivity contribution in [2.75, 3.05) is 43.7 Å². The van der Waals surface area contributed by atoms with Crippen LogP contribution in [0.15, 0.2) is 0 Å². The quantitative estimate of drug-likeness (QED) is 0.0720. The van der Waals surface area contributed by atoms with Crippen molar-refractivity contribution in [3.05, 3.63) is 0 Å². The van der Waals surface area contributed by atoms with Gasteiger partial charge in [0.15, 0.2) is 37.2 Å². The van der Waals surface area contributed by atoms with Crippen LogP contribution < -0.4 is 0 Å². The first kappa shape index (κ1) is 35.3. The summed E-state index contributed by atoms with van der Waals surface area (Å²) < 4.78 is 97.5. The Morgan fingerprint density at radius 3 is 1.62 bits per heavy atom. The van der Waals surface area contributed by atoms with Crippen molar-refractivity contribution in [1.82, 2.24) is 0 Å². The van der Waals surface area contributed by atoms with Gasteiger partial charge in [0.25, 0.3) is 0 Å². The third kappa shape index (κ3) is 14.7. The van der Waals surface area contributed by atoms with Crippen molar-refractivity contribution in [2.45, 2.75) is 31.4 Å². The van der Waals surface area contributed by atoms with E-state index in [1.54, 1.807) is 0 Å². The number of ether oxygens (including phenoxy) is 3. The van der Waals surface area contributed by atoms with Crippen molar-refractivity contribution in [3.63, 3.8) is 0 Å². The fourth-order valence-corrected chi connectivity index (χ4v) is 4.47. The van der Waals surface area contributed by atoms with E-state index in [4.69, 9.17) is 27.9 Å². The summed E-state index contributed by atoms with van der Waals surface area (Å²) in [6, 6.07) is 0. The van der Waals surface area contributed by atoms with E-state index in [-0.39, 0.29) is 0 Å². The van der Waals surface area contributed by atoms with Gasteiger partial charge in [-0.1, -0.05) is 0 Å². The van der Waals surface area contributed by atoms with E-state index in [1.165, 1.54) is 0 Å². The molecule has 4 N–H and O–H groups in total. The van der Waals surface area contributed by atoms with Crippen molar-refractivity contribution < 1.29 is 73.2 Å². The van der Waals surface area contributed by atoms with E-state index in [2.05, 4.69) is 0 Å². The first-order valence-corrected chi connectivity index (χ1v) is 15.5. The van der Waals surface area contributed by atoms with Crippen LogP contribution in [0.25, 0.3) is 0 Å². The Hall–Kier alpha value is -1.68. The van der Waals surface area contributed by atoms with Crippen molar-refractivity contribution in [2.24, 2.45) is 5.41 Å². The summed E-state index contributed by atoms with van der Waals surface area (Å²) >= 11 is -7.50. The molecule has 0 aromatic rings. The van der Waals surface area contributed by atoms with Gasteiger partial charge in [0, 0.05) is 6.42 Å². The minimum absolute atomic E-state index is 0.463. The predicted molar refractivity (Wildman–Crippen MR) is 127 cm³/mol. The second kappa shape index (κ2) is 17.0. The fourth-order valence-electron chi connectivity index (χ4n) is 2.19. The zero-order valence-corrected chi connectivity index (χ0v) is 22.7. The highest BCUT2D eigenvalue weighted by atomic mass is 32.2. The van der Waals surface area contributed by atoms with Gasteiger partial charge in [0.1, 0.15) is 19.8 Å². The second-order valence-electron chi connectivity index (χ2n) is 7.52. The van der Waals surface area contributed by atoms with E-state index in [1.807, 2.05) is 0 Å². The molecule has 0 aromatic carbocycles. The number of carbonyl (C=O) groups is 4. The molecule has 0 aromatic heterocycles. The summed E-state index contributed by atoms with van der Waals surface area (Å²) in [5.41, 5.74) is -1.81. The summed E-state index contributed by atoms with van der Waals surface area (Å²) in [6.07, 6.45) is -1.84. The maximum Gasteiger partial charge on any atom is 0.324 e. The molecule has 0 aliphatic rings. The molecule has 37 heavy (non-hydrogen) atoms. The highest BCUT2D eigenvalue weighted by Gasteiger charge is 2.38. The lowest BCUT2D eigenvalue weighted by Gasteiger charge is -2.30. The molecule has 0 amide bonds. The van der Waals surface area contributed by atoms with Crippen LogP contribution in [-0.2, 0) is 76.5 Å².